The highest BCUT2D eigenvalue weighted by Crippen LogP contribution is 2.40. The zero-order valence-corrected chi connectivity index (χ0v) is 9.56. The Morgan fingerprint density at radius 2 is 1.81 bits per heavy atom. The summed E-state index contributed by atoms with van der Waals surface area (Å²) in [6, 6.07) is 0. The molecule has 4 nitrogen and oxygen atoms in total. The molecule has 0 aromatic carbocycles. The van der Waals surface area contributed by atoms with Crippen molar-refractivity contribution in [1.82, 2.24) is 10.2 Å². The molecule has 2 unspecified atom stereocenters. The van der Waals surface area contributed by atoms with E-state index in [2.05, 4.69) is 5.32 Å². The average Bonchev–Trinajstić information content (AvgIpc) is 2.38. The van der Waals surface area contributed by atoms with E-state index in [0.29, 0.717) is 17.7 Å². The number of rotatable bonds is 1. The Morgan fingerprint density at radius 1 is 1.19 bits per heavy atom. The fourth-order valence-electron chi connectivity index (χ4n) is 3.37. The number of carbonyl (C=O) groups excluding carboxylic acids is 1. The van der Waals surface area contributed by atoms with Crippen molar-refractivity contribution in [3.8, 4) is 0 Å². The molecule has 3 heterocycles. The fraction of sp³-hybridized carbons (Fsp3) is 0.917. The maximum absolute atomic E-state index is 12.2. The van der Waals surface area contributed by atoms with E-state index >= 15 is 0 Å². The SMILES string of the molecule is O=C(C1CCNCC1)N1CC2CC(C1)C2O. The van der Waals surface area contributed by atoms with E-state index in [-0.39, 0.29) is 12.0 Å². The molecule has 0 aromatic rings. The predicted molar refractivity (Wildman–Crippen MR) is 59.8 cm³/mol. The Hall–Kier alpha value is -0.610. The highest BCUT2D eigenvalue weighted by molar-refractivity contribution is 5.79. The lowest BCUT2D eigenvalue weighted by atomic mass is 9.68. The molecule has 2 N–H and O–H groups in total. The van der Waals surface area contributed by atoms with Gasteiger partial charge in [0.2, 0.25) is 5.91 Å². The minimum Gasteiger partial charge on any atom is -0.392 e. The molecule has 90 valence electrons. The maximum Gasteiger partial charge on any atom is 0.225 e. The summed E-state index contributed by atoms with van der Waals surface area (Å²) in [5.74, 6) is 1.30. The van der Waals surface area contributed by atoms with E-state index in [4.69, 9.17) is 0 Å². The topological polar surface area (TPSA) is 52.6 Å². The van der Waals surface area contributed by atoms with Crippen LogP contribution in [0, 0.1) is 17.8 Å². The first kappa shape index (κ1) is 10.5. The van der Waals surface area contributed by atoms with Crippen LogP contribution in [0.25, 0.3) is 0 Å². The molecule has 4 fully saturated rings. The van der Waals surface area contributed by atoms with E-state index in [9.17, 15) is 9.90 Å². The third-order valence-electron chi connectivity index (χ3n) is 4.48. The summed E-state index contributed by atoms with van der Waals surface area (Å²) in [5.41, 5.74) is 0. The van der Waals surface area contributed by atoms with Gasteiger partial charge in [-0.05, 0) is 32.4 Å². The number of carbonyl (C=O) groups is 1. The van der Waals surface area contributed by atoms with Crippen molar-refractivity contribution in [2.24, 2.45) is 17.8 Å². The van der Waals surface area contributed by atoms with E-state index < -0.39 is 0 Å². The second kappa shape index (κ2) is 4.00. The molecule has 0 spiro atoms. The lowest BCUT2D eigenvalue weighted by Crippen LogP contribution is -2.60. The lowest BCUT2D eigenvalue weighted by molar-refractivity contribution is -0.155. The number of piperidine rings is 3. The van der Waals surface area contributed by atoms with Gasteiger partial charge in [-0.2, -0.15) is 0 Å². The summed E-state index contributed by atoms with van der Waals surface area (Å²) >= 11 is 0. The van der Waals surface area contributed by atoms with Crippen LogP contribution >= 0.6 is 0 Å². The van der Waals surface area contributed by atoms with Crippen LogP contribution < -0.4 is 5.32 Å². The first-order chi connectivity index (χ1) is 7.75. The molecule has 0 radical (unpaired) electrons. The number of aliphatic hydroxyl groups excluding tert-OH is 1. The highest BCUT2D eigenvalue weighted by atomic mass is 16.3. The Kier molecular flexibility index (Phi) is 2.64. The van der Waals surface area contributed by atoms with Gasteiger partial charge in [0.1, 0.15) is 0 Å². The minimum atomic E-state index is -0.128. The maximum atomic E-state index is 12.2. The molecule has 4 rings (SSSR count). The van der Waals surface area contributed by atoms with Crippen molar-refractivity contribution in [1.29, 1.82) is 0 Å². The van der Waals surface area contributed by atoms with Crippen LogP contribution in [-0.2, 0) is 4.79 Å². The number of nitrogens with one attached hydrogen (secondary N) is 1. The molecular formula is C12H20N2O2. The van der Waals surface area contributed by atoms with Gasteiger partial charge in [-0.25, -0.2) is 0 Å². The standard InChI is InChI=1S/C12H20N2O2/c15-11-9-5-10(11)7-14(6-9)12(16)8-1-3-13-4-2-8/h8-11,13,15H,1-7H2. The summed E-state index contributed by atoms with van der Waals surface area (Å²) in [4.78, 5) is 14.2. The van der Waals surface area contributed by atoms with Crippen LogP contribution in [0.5, 0.6) is 0 Å². The van der Waals surface area contributed by atoms with Gasteiger partial charge >= 0.3 is 0 Å². The zero-order chi connectivity index (χ0) is 11.1. The smallest absolute Gasteiger partial charge is 0.225 e. The van der Waals surface area contributed by atoms with Gasteiger partial charge in [0.25, 0.3) is 0 Å². The lowest BCUT2D eigenvalue weighted by Gasteiger charge is -2.51. The van der Waals surface area contributed by atoms with E-state index in [0.717, 1.165) is 45.4 Å². The van der Waals surface area contributed by atoms with Crippen molar-refractivity contribution in [3.63, 3.8) is 0 Å². The third-order valence-corrected chi connectivity index (χ3v) is 4.48. The number of nitrogens with zero attached hydrogens (tertiary/aromatic N) is 1. The summed E-state index contributed by atoms with van der Waals surface area (Å²) < 4.78 is 0. The van der Waals surface area contributed by atoms with Gasteiger partial charge in [-0.15, -0.1) is 0 Å². The Balaban J connectivity index is 1.59. The zero-order valence-electron chi connectivity index (χ0n) is 9.56. The summed E-state index contributed by atoms with van der Waals surface area (Å²) in [7, 11) is 0. The molecule has 16 heavy (non-hydrogen) atoms. The van der Waals surface area contributed by atoms with Crippen molar-refractivity contribution < 1.29 is 9.90 Å². The van der Waals surface area contributed by atoms with Crippen LogP contribution in [0.15, 0.2) is 0 Å². The average molecular weight is 224 g/mol. The molecule has 4 heteroatoms. The number of aliphatic hydroxyl groups is 1. The monoisotopic (exact) mass is 224 g/mol. The van der Waals surface area contributed by atoms with Gasteiger partial charge in [-0.1, -0.05) is 0 Å². The molecule has 0 aromatic heterocycles. The predicted octanol–water partition coefficient (Wildman–Crippen LogP) is -0.175. The Bertz CT molecular complexity index is 277. The molecule has 1 saturated carbocycles. The Labute approximate surface area is 96.0 Å². The van der Waals surface area contributed by atoms with E-state index in [1.807, 2.05) is 4.90 Å². The summed E-state index contributed by atoms with van der Waals surface area (Å²) in [6.07, 6.45) is 2.95. The van der Waals surface area contributed by atoms with Crippen LogP contribution in [-0.4, -0.2) is 48.2 Å². The number of fused-ring (bicyclic) bond motifs is 2. The van der Waals surface area contributed by atoms with Gasteiger partial charge < -0.3 is 15.3 Å². The van der Waals surface area contributed by atoms with Crippen LogP contribution in [0.1, 0.15) is 19.3 Å². The van der Waals surface area contributed by atoms with Gasteiger partial charge in [0, 0.05) is 30.8 Å². The van der Waals surface area contributed by atoms with Crippen molar-refractivity contribution >= 4 is 5.91 Å². The second-order valence-corrected chi connectivity index (χ2v) is 5.51. The van der Waals surface area contributed by atoms with Crippen LogP contribution in [0.4, 0.5) is 0 Å². The summed E-state index contributed by atoms with van der Waals surface area (Å²) in [6.45, 7) is 3.53. The first-order valence-corrected chi connectivity index (χ1v) is 6.43. The van der Waals surface area contributed by atoms with Crippen molar-refractivity contribution in [3.05, 3.63) is 0 Å². The molecule has 3 aliphatic heterocycles. The number of hydrogen-bond acceptors (Lipinski definition) is 3. The molecule has 2 atom stereocenters. The molecule has 4 aliphatic rings. The van der Waals surface area contributed by atoms with Crippen molar-refractivity contribution in [2.75, 3.05) is 26.2 Å². The highest BCUT2D eigenvalue weighted by Gasteiger charge is 2.47. The van der Waals surface area contributed by atoms with E-state index in [1.165, 1.54) is 0 Å². The molecule has 1 aliphatic carbocycles. The van der Waals surface area contributed by atoms with Gasteiger partial charge in [0.05, 0.1) is 6.10 Å². The van der Waals surface area contributed by atoms with Crippen LogP contribution in [0.3, 0.4) is 0 Å². The quantitative estimate of drug-likeness (QED) is 0.650. The number of hydrogen-bond donors (Lipinski definition) is 2. The summed E-state index contributed by atoms with van der Waals surface area (Å²) in [5, 5.41) is 13.0. The van der Waals surface area contributed by atoms with Crippen LogP contribution in [0.2, 0.25) is 0 Å². The largest absolute Gasteiger partial charge is 0.392 e. The van der Waals surface area contributed by atoms with Gasteiger partial charge in [0.15, 0.2) is 0 Å². The first-order valence-electron chi connectivity index (χ1n) is 6.43. The molecule has 1 amide bonds. The fourth-order valence-corrected chi connectivity index (χ4v) is 3.37. The van der Waals surface area contributed by atoms with E-state index in [1.54, 1.807) is 0 Å². The minimum absolute atomic E-state index is 0.128. The normalized spacial score (nSPS) is 39.3. The number of amides is 1. The molecule has 3 saturated heterocycles. The Morgan fingerprint density at radius 3 is 2.38 bits per heavy atom. The molecular weight excluding hydrogens is 204 g/mol. The van der Waals surface area contributed by atoms with Gasteiger partial charge in [-0.3, -0.25) is 4.79 Å². The molecule has 2 bridgehead atoms. The van der Waals surface area contributed by atoms with Crippen molar-refractivity contribution in [2.45, 2.75) is 25.4 Å². The third kappa shape index (κ3) is 1.64. The second-order valence-electron chi connectivity index (χ2n) is 5.51.